The molecule has 0 radical (unpaired) electrons. The lowest BCUT2D eigenvalue weighted by Gasteiger charge is -2.18. The van der Waals surface area contributed by atoms with Gasteiger partial charge in [-0.05, 0) is 37.8 Å². The Morgan fingerprint density at radius 2 is 2.32 bits per heavy atom. The SMILES string of the molecule is O=S(=O)(CC[C@H]1CCCO1)N1CC[C@H](Oc2cccnc2)C1. The predicted octanol–water partition coefficient (Wildman–Crippen LogP) is 1.43. The first-order chi connectivity index (χ1) is 10.6. The Labute approximate surface area is 131 Å². The molecular formula is C15H22N2O4S. The number of ether oxygens (including phenoxy) is 2. The first-order valence-electron chi connectivity index (χ1n) is 7.79. The average Bonchev–Trinajstić information content (AvgIpc) is 3.18. The number of pyridine rings is 1. The zero-order chi connectivity index (χ0) is 15.4. The highest BCUT2D eigenvalue weighted by atomic mass is 32.2. The Morgan fingerprint density at radius 1 is 1.41 bits per heavy atom. The third-order valence-corrected chi connectivity index (χ3v) is 6.03. The summed E-state index contributed by atoms with van der Waals surface area (Å²) in [5.74, 6) is 0.850. The molecule has 3 rings (SSSR count). The molecule has 2 atom stereocenters. The van der Waals surface area contributed by atoms with Crippen molar-refractivity contribution in [2.75, 3.05) is 25.4 Å². The summed E-state index contributed by atoms with van der Waals surface area (Å²) in [6, 6.07) is 3.64. The van der Waals surface area contributed by atoms with Gasteiger partial charge in [0, 0.05) is 19.3 Å². The molecule has 2 aliphatic heterocycles. The molecule has 0 aromatic carbocycles. The normalized spacial score (nSPS) is 26.4. The van der Waals surface area contributed by atoms with Gasteiger partial charge in [-0.15, -0.1) is 0 Å². The van der Waals surface area contributed by atoms with Crippen LogP contribution in [-0.2, 0) is 14.8 Å². The highest BCUT2D eigenvalue weighted by Gasteiger charge is 2.33. The predicted molar refractivity (Wildman–Crippen MR) is 82.2 cm³/mol. The van der Waals surface area contributed by atoms with Crippen LogP contribution >= 0.6 is 0 Å². The molecule has 2 saturated heterocycles. The van der Waals surface area contributed by atoms with Crippen LogP contribution in [0.4, 0.5) is 0 Å². The van der Waals surface area contributed by atoms with Crippen molar-refractivity contribution in [2.24, 2.45) is 0 Å². The third kappa shape index (κ3) is 3.97. The Kier molecular flexibility index (Phi) is 4.95. The second kappa shape index (κ2) is 6.93. The number of sulfonamides is 1. The third-order valence-electron chi connectivity index (χ3n) is 4.16. The van der Waals surface area contributed by atoms with Crippen molar-refractivity contribution in [3.05, 3.63) is 24.5 Å². The van der Waals surface area contributed by atoms with Gasteiger partial charge in [0.1, 0.15) is 11.9 Å². The Bertz CT molecular complexity index is 572. The van der Waals surface area contributed by atoms with Crippen molar-refractivity contribution in [1.82, 2.24) is 9.29 Å². The molecule has 22 heavy (non-hydrogen) atoms. The molecule has 0 bridgehead atoms. The van der Waals surface area contributed by atoms with E-state index in [2.05, 4.69) is 4.98 Å². The van der Waals surface area contributed by atoms with Crippen LogP contribution in [0.1, 0.15) is 25.7 Å². The number of hydrogen-bond acceptors (Lipinski definition) is 5. The zero-order valence-corrected chi connectivity index (χ0v) is 13.4. The lowest BCUT2D eigenvalue weighted by Crippen LogP contribution is -2.33. The van der Waals surface area contributed by atoms with E-state index in [9.17, 15) is 8.42 Å². The van der Waals surface area contributed by atoms with Crippen molar-refractivity contribution in [2.45, 2.75) is 37.9 Å². The highest BCUT2D eigenvalue weighted by molar-refractivity contribution is 7.89. The summed E-state index contributed by atoms with van der Waals surface area (Å²) >= 11 is 0. The number of rotatable bonds is 6. The van der Waals surface area contributed by atoms with Gasteiger partial charge in [0.05, 0.1) is 24.6 Å². The molecule has 0 aliphatic carbocycles. The summed E-state index contributed by atoms with van der Waals surface area (Å²) in [5.41, 5.74) is 0. The summed E-state index contributed by atoms with van der Waals surface area (Å²) in [4.78, 5) is 4.00. The van der Waals surface area contributed by atoms with Crippen LogP contribution in [0.15, 0.2) is 24.5 Å². The van der Waals surface area contributed by atoms with Gasteiger partial charge in [0.25, 0.3) is 0 Å². The minimum absolute atomic E-state index is 0.0956. The van der Waals surface area contributed by atoms with E-state index in [1.807, 2.05) is 6.07 Å². The van der Waals surface area contributed by atoms with E-state index in [-0.39, 0.29) is 18.0 Å². The van der Waals surface area contributed by atoms with Gasteiger partial charge in [-0.3, -0.25) is 4.98 Å². The standard InChI is InChI=1S/C15H22N2O4S/c18-22(19,10-6-13-4-2-9-20-13)17-8-5-15(12-17)21-14-3-1-7-16-11-14/h1,3,7,11,13,15H,2,4-6,8-10,12H2/t13-,15+/m1/s1. The molecule has 0 N–H and O–H groups in total. The maximum atomic E-state index is 12.4. The first kappa shape index (κ1) is 15.7. The minimum Gasteiger partial charge on any atom is -0.487 e. The summed E-state index contributed by atoms with van der Waals surface area (Å²) in [7, 11) is -3.21. The van der Waals surface area contributed by atoms with Crippen LogP contribution in [0.2, 0.25) is 0 Å². The van der Waals surface area contributed by atoms with Gasteiger partial charge in [-0.25, -0.2) is 8.42 Å². The second-order valence-electron chi connectivity index (χ2n) is 5.81. The monoisotopic (exact) mass is 326 g/mol. The summed E-state index contributed by atoms with van der Waals surface area (Å²) < 4.78 is 37.6. The summed E-state index contributed by atoms with van der Waals surface area (Å²) in [6.45, 7) is 1.71. The quantitative estimate of drug-likeness (QED) is 0.791. The molecule has 7 heteroatoms. The molecule has 0 unspecified atom stereocenters. The molecule has 0 amide bonds. The molecule has 122 valence electrons. The van der Waals surface area contributed by atoms with Gasteiger partial charge in [-0.2, -0.15) is 4.31 Å². The average molecular weight is 326 g/mol. The minimum atomic E-state index is -3.21. The van der Waals surface area contributed by atoms with E-state index in [1.165, 1.54) is 0 Å². The Hall–Kier alpha value is -1.18. The number of hydrogen-bond donors (Lipinski definition) is 0. The van der Waals surface area contributed by atoms with Gasteiger partial charge >= 0.3 is 0 Å². The van der Waals surface area contributed by atoms with Gasteiger partial charge in [0.15, 0.2) is 0 Å². The molecule has 3 heterocycles. The van der Waals surface area contributed by atoms with Crippen LogP contribution in [0, 0.1) is 0 Å². The lowest BCUT2D eigenvalue weighted by atomic mass is 10.2. The summed E-state index contributed by atoms with van der Waals surface area (Å²) in [5, 5.41) is 0. The van der Waals surface area contributed by atoms with E-state index in [0.717, 1.165) is 19.4 Å². The maximum absolute atomic E-state index is 12.4. The van der Waals surface area contributed by atoms with E-state index < -0.39 is 10.0 Å². The number of aromatic nitrogens is 1. The molecule has 6 nitrogen and oxygen atoms in total. The van der Waals surface area contributed by atoms with Gasteiger partial charge in [-0.1, -0.05) is 0 Å². The van der Waals surface area contributed by atoms with Crippen molar-refractivity contribution in [3.63, 3.8) is 0 Å². The number of nitrogens with zero attached hydrogens (tertiary/aromatic N) is 2. The molecule has 1 aromatic rings. The molecule has 0 saturated carbocycles. The molecule has 0 spiro atoms. The fourth-order valence-electron chi connectivity index (χ4n) is 2.94. The largest absolute Gasteiger partial charge is 0.487 e. The smallest absolute Gasteiger partial charge is 0.214 e. The fourth-order valence-corrected chi connectivity index (χ4v) is 4.53. The lowest BCUT2D eigenvalue weighted by molar-refractivity contribution is 0.108. The van der Waals surface area contributed by atoms with E-state index in [0.29, 0.717) is 31.7 Å². The van der Waals surface area contributed by atoms with Gasteiger partial charge < -0.3 is 9.47 Å². The topological polar surface area (TPSA) is 68.7 Å². The van der Waals surface area contributed by atoms with Crippen LogP contribution < -0.4 is 4.74 Å². The Balaban J connectivity index is 1.50. The van der Waals surface area contributed by atoms with E-state index >= 15 is 0 Å². The maximum Gasteiger partial charge on any atom is 0.214 e. The van der Waals surface area contributed by atoms with Crippen LogP contribution in [-0.4, -0.2) is 55.4 Å². The highest BCUT2D eigenvalue weighted by Crippen LogP contribution is 2.22. The van der Waals surface area contributed by atoms with Crippen molar-refractivity contribution >= 4 is 10.0 Å². The summed E-state index contributed by atoms with van der Waals surface area (Å²) in [6.07, 6.45) is 6.66. The van der Waals surface area contributed by atoms with E-state index in [1.54, 1.807) is 22.8 Å². The van der Waals surface area contributed by atoms with Crippen molar-refractivity contribution in [1.29, 1.82) is 0 Å². The van der Waals surface area contributed by atoms with E-state index in [4.69, 9.17) is 9.47 Å². The first-order valence-corrected chi connectivity index (χ1v) is 9.40. The van der Waals surface area contributed by atoms with Crippen molar-refractivity contribution in [3.8, 4) is 5.75 Å². The fraction of sp³-hybridized carbons (Fsp3) is 0.667. The van der Waals surface area contributed by atoms with Crippen LogP contribution in [0.25, 0.3) is 0 Å². The van der Waals surface area contributed by atoms with Crippen LogP contribution in [0.5, 0.6) is 5.75 Å². The second-order valence-corrected chi connectivity index (χ2v) is 7.90. The van der Waals surface area contributed by atoms with Crippen LogP contribution in [0.3, 0.4) is 0 Å². The Morgan fingerprint density at radius 3 is 3.05 bits per heavy atom. The van der Waals surface area contributed by atoms with Crippen molar-refractivity contribution < 1.29 is 17.9 Å². The molecular weight excluding hydrogens is 304 g/mol. The zero-order valence-electron chi connectivity index (χ0n) is 12.6. The van der Waals surface area contributed by atoms with Gasteiger partial charge in [0.2, 0.25) is 10.0 Å². The molecule has 2 aliphatic rings. The molecule has 2 fully saturated rings. The molecule has 1 aromatic heterocycles.